The molecular formula is C26H28N2O5. The Bertz CT molecular complexity index is 1120. The van der Waals surface area contributed by atoms with Gasteiger partial charge in [-0.05, 0) is 48.7 Å². The normalized spacial score (nSPS) is 22.9. The number of fused-ring (bicyclic) bond motifs is 1. The van der Waals surface area contributed by atoms with Gasteiger partial charge >= 0.3 is 0 Å². The van der Waals surface area contributed by atoms with Crippen LogP contribution in [0.25, 0.3) is 5.76 Å². The molecule has 0 spiro atoms. The Morgan fingerprint density at radius 1 is 1.03 bits per heavy atom. The van der Waals surface area contributed by atoms with Crippen molar-refractivity contribution < 1.29 is 24.5 Å². The van der Waals surface area contributed by atoms with Crippen LogP contribution in [0.15, 0.2) is 48.0 Å². The Hall–Kier alpha value is -3.48. The number of hydrogen-bond donors (Lipinski definition) is 2. The van der Waals surface area contributed by atoms with Crippen LogP contribution in [-0.4, -0.2) is 53.0 Å². The average Bonchev–Trinajstić information content (AvgIpc) is 3.10. The van der Waals surface area contributed by atoms with Gasteiger partial charge < -0.3 is 24.7 Å². The molecule has 3 aliphatic rings. The van der Waals surface area contributed by atoms with Crippen molar-refractivity contribution in [2.45, 2.75) is 44.2 Å². The highest BCUT2D eigenvalue weighted by molar-refractivity contribution is 6.46. The highest BCUT2D eigenvalue weighted by Gasteiger charge is 2.48. The molecule has 7 heteroatoms. The van der Waals surface area contributed by atoms with Crippen molar-refractivity contribution in [3.63, 3.8) is 0 Å². The van der Waals surface area contributed by atoms with Crippen LogP contribution in [0.5, 0.6) is 11.5 Å². The number of ether oxygens (including phenoxy) is 1. The molecule has 0 bridgehead atoms. The summed E-state index contributed by atoms with van der Waals surface area (Å²) in [5.41, 5.74) is 2.08. The van der Waals surface area contributed by atoms with Gasteiger partial charge in [0, 0.05) is 18.7 Å². The first-order valence-corrected chi connectivity index (χ1v) is 11.5. The first-order valence-electron chi connectivity index (χ1n) is 11.5. The summed E-state index contributed by atoms with van der Waals surface area (Å²) in [6.07, 6.45) is 4.81. The zero-order chi connectivity index (χ0) is 23.1. The number of carbonyl (C=O) groups is 2. The van der Waals surface area contributed by atoms with Gasteiger partial charge in [0.05, 0.1) is 23.8 Å². The molecular weight excluding hydrogens is 420 g/mol. The van der Waals surface area contributed by atoms with Crippen LogP contribution in [0, 0.1) is 0 Å². The van der Waals surface area contributed by atoms with E-state index in [2.05, 4.69) is 0 Å². The van der Waals surface area contributed by atoms with Crippen LogP contribution in [0.1, 0.15) is 49.3 Å². The Morgan fingerprint density at radius 2 is 1.76 bits per heavy atom. The van der Waals surface area contributed by atoms with Gasteiger partial charge in [0.1, 0.15) is 23.9 Å². The number of phenolic OH excluding ortho intramolecular Hbond substituents is 1. The minimum Gasteiger partial charge on any atom is -0.508 e. The summed E-state index contributed by atoms with van der Waals surface area (Å²) in [5, 5.41) is 21.2. The van der Waals surface area contributed by atoms with E-state index >= 15 is 0 Å². The standard InChI is InChI=1S/C26H28N2O5/c1-27-13-14-33-21-12-9-17(15-20(21)27)24(30)22-23(16-7-10-19(29)11-8-16)28(26(32)25(22)31)18-5-3-2-4-6-18/h7-12,15,18,23,29-30H,2-6,13-14H2,1H3/b24-22-. The zero-order valence-electron chi connectivity index (χ0n) is 18.7. The first kappa shape index (κ1) is 21.4. The molecule has 5 rings (SSSR count). The first-order chi connectivity index (χ1) is 16.0. The van der Waals surface area contributed by atoms with E-state index < -0.39 is 17.7 Å². The predicted molar refractivity (Wildman–Crippen MR) is 124 cm³/mol. The molecule has 2 aliphatic heterocycles. The average molecular weight is 449 g/mol. The molecule has 1 saturated heterocycles. The maximum Gasteiger partial charge on any atom is 0.295 e. The third-order valence-corrected chi connectivity index (χ3v) is 6.98. The monoisotopic (exact) mass is 448 g/mol. The van der Waals surface area contributed by atoms with E-state index in [-0.39, 0.29) is 23.1 Å². The van der Waals surface area contributed by atoms with E-state index in [1.807, 2.05) is 11.9 Å². The number of ketones is 1. The van der Waals surface area contributed by atoms with Crippen LogP contribution in [0.4, 0.5) is 5.69 Å². The fourth-order valence-corrected chi connectivity index (χ4v) is 5.22. The Labute approximate surface area is 192 Å². The Kier molecular flexibility index (Phi) is 5.48. The van der Waals surface area contributed by atoms with Crippen LogP contribution < -0.4 is 9.64 Å². The van der Waals surface area contributed by atoms with Gasteiger partial charge in [-0.3, -0.25) is 9.59 Å². The largest absolute Gasteiger partial charge is 0.508 e. The fraction of sp³-hybridized carbons (Fsp3) is 0.385. The lowest BCUT2D eigenvalue weighted by Gasteiger charge is -2.35. The number of likely N-dealkylation sites (N-methyl/N-ethyl adjacent to an activating group) is 1. The molecule has 0 aromatic heterocycles. The quantitative estimate of drug-likeness (QED) is 0.419. The van der Waals surface area contributed by atoms with Crippen molar-refractivity contribution in [3.8, 4) is 11.5 Å². The summed E-state index contributed by atoms with van der Waals surface area (Å²) in [6.45, 7) is 1.30. The van der Waals surface area contributed by atoms with Crippen LogP contribution in [0.2, 0.25) is 0 Å². The van der Waals surface area contributed by atoms with Crippen molar-refractivity contribution in [1.29, 1.82) is 0 Å². The molecule has 2 N–H and O–H groups in total. The van der Waals surface area contributed by atoms with E-state index in [0.717, 1.165) is 50.1 Å². The summed E-state index contributed by atoms with van der Waals surface area (Å²) in [7, 11) is 1.95. The van der Waals surface area contributed by atoms with E-state index in [0.29, 0.717) is 17.7 Å². The number of Topliss-reactive ketones (excluding diaryl/α,β-unsaturated/α-hetero) is 1. The van der Waals surface area contributed by atoms with Gasteiger partial charge in [-0.25, -0.2) is 0 Å². The van der Waals surface area contributed by atoms with E-state index in [1.165, 1.54) is 0 Å². The predicted octanol–water partition coefficient (Wildman–Crippen LogP) is 3.98. The van der Waals surface area contributed by atoms with Crippen molar-refractivity contribution in [3.05, 3.63) is 59.2 Å². The lowest BCUT2D eigenvalue weighted by atomic mass is 9.91. The molecule has 1 aliphatic carbocycles. The maximum absolute atomic E-state index is 13.3. The number of amides is 1. The minimum atomic E-state index is -0.696. The van der Waals surface area contributed by atoms with Crippen molar-refractivity contribution in [1.82, 2.24) is 4.90 Å². The summed E-state index contributed by atoms with van der Waals surface area (Å²) in [5.74, 6) is -0.603. The third-order valence-electron chi connectivity index (χ3n) is 6.98. The molecule has 1 saturated carbocycles. The van der Waals surface area contributed by atoms with Gasteiger partial charge in [0.25, 0.3) is 11.7 Å². The van der Waals surface area contributed by atoms with Crippen molar-refractivity contribution in [2.24, 2.45) is 0 Å². The second kappa shape index (κ2) is 8.46. The molecule has 1 atom stereocenters. The lowest BCUT2D eigenvalue weighted by Crippen LogP contribution is -2.40. The maximum atomic E-state index is 13.3. The van der Waals surface area contributed by atoms with Gasteiger partial charge in [-0.1, -0.05) is 31.4 Å². The summed E-state index contributed by atoms with van der Waals surface area (Å²) >= 11 is 0. The molecule has 172 valence electrons. The topological polar surface area (TPSA) is 90.3 Å². The lowest BCUT2D eigenvalue weighted by molar-refractivity contribution is -0.141. The number of nitrogens with zero attached hydrogens (tertiary/aromatic N) is 2. The molecule has 2 fully saturated rings. The number of benzene rings is 2. The van der Waals surface area contributed by atoms with Gasteiger partial charge in [0.15, 0.2) is 0 Å². The molecule has 1 unspecified atom stereocenters. The summed E-state index contributed by atoms with van der Waals surface area (Å²) < 4.78 is 5.70. The van der Waals surface area contributed by atoms with Crippen LogP contribution >= 0.6 is 0 Å². The fourth-order valence-electron chi connectivity index (χ4n) is 5.22. The van der Waals surface area contributed by atoms with E-state index in [9.17, 15) is 19.8 Å². The van der Waals surface area contributed by atoms with Crippen molar-refractivity contribution >= 4 is 23.1 Å². The molecule has 2 heterocycles. The summed E-state index contributed by atoms with van der Waals surface area (Å²) in [4.78, 5) is 30.2. The van der Waals surface area contributed by atoms with Crippen LogP contribution in [0.3, 0.4) is 0 Å². The number of carbonyl (C=O) groups excluding carboxylic acids is 2. The number of anilines is 1. The molecule has 33 heavy (non-hydrogen) atoms. The SMILES string of the molecule is CN1CCOc2ccc(/C(O)=C3/C(=O)C(=O)N(C4CCCCC4)C3c3ccc(O)cc3)cc21. The molecule has 1 amide bonds. The number of hydrogen-bond acceptors (Lipinski definition) is 6. The number of rotatable bonds is 3. The molecule has 2 aromatic carbocycles. The van der Waals surface area contributed by atoms with Gasteiger partial charge in [-0.15, -0.1) is 0 Å². The highest BCUT2D eigenvalue weighted by atomic mass is 16.5. The van der Waals surface area contributed by atoms with Crippen molar-refractivity contribution in [2.75, 3.05) is 25.1 Å². The minimum absolute atomic E-state index is 0.0534. The Morgan fingerprint density at radius 3 is 2.48 bits per heavy atom. The zero-order valence-corrected chi connectivity index (χ0v) is 18.7. The molecule has 0 radical (unpaired) electrons. The second-order valence-corrected chi connectivity index (χ2v) is 9.04. The van der Waals surface area contributed by atoms with Gasteiger partial charge in [-0.2, -0.15) is 0 Å². The van der Waals surface area contributed by atoms with E-state index in [1.54, 1.807) is 47.4 Å². The van der Waals surface area contributed by atoms with Gasteiger partial charge in [0.2, 0.25) is 0 Å². The van der Waals surface area contributed by atoms with E-state index in [4.69, 9.17) is 4.74 Å². The smallest absolute Gasteiger partial charge is 0.295 e. The number of phenols is 1. The number of aromatic hydroxyl groups is 1. The number of likely N-dealkylation sites (tertiary alicyclic amines) is 1. The summed E-state index contributed by atoms with van der Waals surface area (Å²) in [6, 6.07) is 11.1. The number of aliphatic hydroxyl groups excluding tert-OH is 1. The number of aliphatic hydroxyl groups is 1. The highest BCUT2D eigenvalue weighted by Crippen LogP contribution is 2.44. The molecule has 2 aromatic rings. The second-order valence-electron chi connectivity index (χ2n) is 9.04. The van der Waals surface area contributed by atoms with Crippen LogP contribution in [-0.2, 0) is 9.59 Å². The third kappa shape index (κ3) is 3.71. The molecule has 7 nitrogen and oxygen atoms in total. The Balaban J connectivity index is 1.64.